The Kier molecular flexibility index (Phi) is 3.69. The molecule has 1 aliphatic rings. The molecule has 0 spiro atoms. The SMILES string of the molecule is Cc1ccc(S(=O)(=O)N2CCC(CN)C2)c2cccnc12. The number of pyridine rings is 1. The summed E-state index contributed by atoms with van der Waals surface area (Å²) in [7, 11) is -3.49. The van der Waals surface area contributed by atoms with Crippen LogP contribution in [-0.4, -0.2) is 37.3 Å². The van der Waals surface area contributed by atoms with Gasteiger partial charge in [0.25, 0.3) is 0 Å². The second-order valence-electron chi connectivity index (χ2n) is 5.53. The number of benzene rings is 1. The average molecular weight is 305 g/mol. The molecule has 1 unspecified atom stereocenters. The monoisotopic (exact) mass is 305 g/mol. The van der Waals surface area contributed by atoms with Gasteiger partial charge in [-0.25, -0.2) is 8.42 Å². The molecule has 2 N–H and O–H groups in total. The summed E-state index contributed by atoms with van der Waals surface area (Å²) in [6, 6.07) is 7.09. The van der Waals surface area contributed by atoms with E-state index in [9.17, 15) is 8.42 Å². The lowest BCUT2D eigenvalue weighted by atomic mass is 10.1. The van der Waals surface area contributed by atoms with Gasteiger partial charge in [-0.3, -0.25) is 4.98 Å². The quantitative estimate of drug-likeness (QED) is 0.932. The number of fused-ring (bicyclic) bond motifs is 1. The zero-order valence-electron chi connectivity index (χ0n) is 12.0. The Morgan fingerprint density at radius 2 is 2.19 bits per heavy atom. The Morgan fingerprint density at radius 3 is 2.90 bits per heavy atom. The Morgan fingerprint density at radius 1 is 1.38 bits per heavy atom. The summed E-state index contributed by atoms with van der Waals surface area (Å²) in [6.45, 7) is 3.52. The van der Waals surface area contributed by atoms with Crippen molar-refractivity contribution >= 4 is 20.9 Å². The molecule has 1 atom stereocenters. The first-order valence-corrected chi connectivity index (χ1v) is 8.52. The fourth-order valence-corrected chi connectivity index (χ4v) is 4.57. The second kappa shape index (κ2) is 5.36. The van der Waals surface area contributed by atoms with Crippen molar-refractivity contribution in [3.8, 4) is 0 Å². The molecule has 6 heteroatoms. The minimum absolute atomic E-state index is 0.259. The van der Waals surface area contributed by atoms with Gasteiger partial charge in [0, 0.05) is 24.7 Å². The van der Waals surface area contributed by atoms with Crippen molar-refractivity contribution in [3.63, 3.8) is 0 Å². The van der Waals surface area contributed by atoms with E-state index in [2.05, 4.69) is 4.98 Å². The summed E-state index contributed by atoms with van der Waals surface area (Å²) < 4.78 is 27.3. The van der Waals surface area contributed by atoms with E-state index in [4.69, 9.17) is 5.73 Å². The van der Waals surface area contributed by atoms with Crippen molar-refractivity contribution < 1.29 is 8.42 Å². The predicted molar refractivity (Wildman–Crippen MR) is 82.4 cm³/mol. The van der Waals surface area contributed by atoms with Gasteiger partial charge >= 0.3 is 0 Å². The Hall–Kier alpha value is -1.50. The molecule has 3 rings (SSSR count). The van der Waals surface area contributed by atoms with Crippen molar-refractivity contribution in [2.24, 2.45) is 11.7 Å². The fourth-order valence-electron chi connectivity index (χ4n) is 2.86. The van der Waals surface area contributed by atoms with Crippen LogP contribution in [0.1, 0.15) is 12.0 Å². The third kappa shape index (κ3) is 2.43. The van der Waals surface area contributed by atoms with E-state index < -0.39 is 10.0 Å². The van der Waals surface area contributed by atoms with E-state index >= 15 is 0 Å². The lowest BCUT2D eigenvalue weighted by Crippen LogP contribution is -2.30. The molecular formula is C15H19N3O2S. The number of hydrogen-bond acceptors (Lipinski definition) is 4. The third-order valence-corrected chi connectivity index (χ3v) is 6.05. The average Bonchev–Trinajstić information content (AvgIpc) is 2.97. The van der Waals surface area contributed by atoms with Gasteiger partial charge in [0.2, 0.25) is 10.0 Å². The molecule has 0 saturated carbocycles. The van der Waals surface area contributed by atoms with Crippen molar-refractivity contribution in [2.45, 2.75) is 18.2 Å². The summed E-state index contributed by atoms with van der Waals surface area (Å²) in [4.78, 5) is 4.65. The molecule has 5 nitrogen and oxygen atoms in total. The van der Waals surface area contributed by atoms with Gasteiger partial charge < -0.3 is 5.73 Å². The van der Waals surface area contributed by atoms with E-state index in [0.29, 0.717) is 29.9 Å². The zero-order chi connectivity index (χ0) is 15.0. The number of rotatable bonds is 3. The van der Waals surface area contributed by atoms with Crippen LogP contribution in [0.3, 0.4) is 0 Å². The maximum Gasteiger partial charge on any atom is 0.243 e. The minimum atomic E-state index is -3.49. The van der Waals surface area contributed by atoms with Gasteiger partial charge in [-0.15, -0.1) is 0 Å². The van der Waals surface area contributed by atoms with Crippen LogP contribution in [0.2, 0.25) is 0 Å². The Bertz CT molecular complexity index is 774. The van der Waals surface area contributed by atoms with Crippen molar-refractivity contribution in [1.29, 1.82) is 0 Å². The third-order valence-electron chi connectivity index (χ3n) is 4.13. The molecule has 1 aliphatic heterocycles. The van der Waals surface area contributed by atoms with E-state index in [0.717, 1.165) is 17.5 Å². The molecule has 21 heavy (non-hydrogen) atoms. The van der Waals surface area contributed by atoms with E-state index in [1.165, 1.54) is 0 Å². The van der Waals surface area contributed by atoms with Gasteiger partial charge in [-0.05, 0) is 49.6 Å². The number of nitrogens with two attached hydrogens (primary N) is 1. The van der Waals surface area contributed by atoms with Crippen LogP contribution in [0.15, 0.2) is 35.4 Å². The van der Waals surface area contributed by atoms with Crippen molar-refractivity contribution in [1.82, 2.24) is 9.29 Å². The standard InChI is InChI=1S/C15H19N3O2S/c1-11-4-5-14(13-3-2-7-17-15(11)13)21(19,20)18-8-6-12(9-16)10-18/h2-5,7,12H,6,8-10,16H2,1H3. The van der Waals surface area contributed by atoms with Crippen LogP contribution in [0, 0.1) is 12.8 Å². The van der Waals surface area contributed by atoms with Gasteiger partial charge in [0.05, 0.1) is 10.4 Å². The zero-order valence-corrected chi connectivity index (χ0v) is 12.8. The lowest BCUT2D eigenvalue weighted by molar-refractivity contribution is 0.459. The molecule has 1 saturated heterocycles. The molecule has 2 aromatic rings. The van der Waals surface area contributed by atoms with Gasteiger partial charge in [0.1, 0.15) is 0 Å². The summed E-state index contributed by atoms with van der Waals surface area (Å²) in [6.07, 6.45) is 2.52. The van der Waals surface area contributed by atoms with Crippen LogP contribution in [0.25, 0.3) is 10.9 Å². The summed E-state index contributed by atoms with van der Waals surface area (Å²) in [5.74, 6) is 0.259. The fraction of sp³-hybridized carbons (Fsp3) is 0.400. The highest BCUT2D eigenvalue weighted by Gasteiger charge is 2.33. The molecule has 0 radical (unpaired) electrons. The van der Waals surface area contributed by atoms with Gasteiger partial charge in [0.15, 0.2) is 0 Å². The van der Waals surface area contributed by atoms with Crippen molar-refractivity contribution in [2.75, 3.05) is 19.6 Å². The van der Waals surface area contributed by atoms with Crippen LogP contribution in [-0.2, 0) is 10.0 Å². The number of sulfonamides is 1. The van der Waals surface area contributed by atoms with Crippen LogP contribution >= 0.6 is 0 Å². The first-order valence-electron chi connectivity index (χ1n) is 7.08. The first-order chi connectivity index (χ1) is 10.0. The normalized spacial score (nSPS) is 20.2. The molecule has 1 aromatic carbocycles. The van der Waals surface area contributed by atoms with E-state index in [1.807, 2.05) is 19.1 Å². The maximum atomic E-state index is 12.9. The molecule has 1 aromatic heterocycles. The van der Waals surface area contributed by atoms with Crippen LogP contribution in [0.5, 0.6) is 0 Å². The highest BCUT2D eigenvalue weighted by Crippen LogP contribution is 2.29. The van der Waals surface area contributed by atoms with Crippen LogP contribution < -0.4 is 5.73 Å². The van der Waals surface area contributed by atoms with E-state index in [-0.39, 0.29) is 5.92 Å². The smallest absolute Gasteiger partial charge is 0.243 e. The largest absolute Gasteiger partial charge is 0.330 e. The first kappa shape index (κ1) is 14.4. The number of nitrogens with zero attached hydrogens (tertiary/aromatic N) is 2. The number of hydrogen-bond donors (Lipinski definition) is 1. The number of aromatic nitrogens is 1. The second-order valence-corrected chi connectivity index (χ2v) is 7.44. The number of aryl methyl sites for hydroxylation is 1. The van der Waals surface area contributed by atoms with Gasteiger partial charge in [-0.2, -0.15) is 4.31 Å². The molecular weight excluding hydrogens is 286 g/mol. The maximum absolute atomic E-state index is 12.9. The summed E-state index contributed by atoms with van der Waals surface area (Å²) in [5.41, 5.74) is 7.38. The molecule has 112 valence electrons. The topological polar surface area (TPSA) is 76.3 Å². The van der Waals surface area contributed by atoms with Crippen LogP contribution in [0.4, 0.5) is 0 Å². The lowest BCUT2D eigenvalue weighted by Gasteiger charge is -2.18. The molecule has 0 aliphatic carbocycles. The molecule has 1 fully saturated rings. The Labute approximate surface area is 124 Å². The molecule has 2 heterocycles. The summed E-state index contributed by atoms with van der Waals surface area (Å²) >= 11 is 0. The highest BCUT2D eigenvalue weighted by molar-refractivity contribution is 7.89. The highest BCUT2D eigenvalue weighted by atomic mass is 32.2. The summed E-state index contributed by atoms with van der Waals surface area (Å²) in [5, 5.41) is 0.689. The Balaban J connectivity index is 2.10. The molecule has 0 bridgehead atoms. The molecule has 0 amide bonds. The predicted octanol–water partition coefficient (Wildman–Crippen LogP) is 1.51. The minimum Gasteiger partial charge on any atom is -0.330 e. The van der Waals surface area contributed by atoms with Gasteiger partial charge in [-0.1, -0.05) is 6.07 Å². The van der Waals surface area contributed by atoms with E-state index in [1.54, 1.807) is 22.6 Å². The van der Waals surface area contributed by atoms with Crippen molar-refractivity contribution in [3.05, 3.63) is 36.0 Å².